The van der Waals surface area contributed by atoms with Gasteiger partial charge in [-0.15, -0.1) is 0 Å². The van der Waals surface area contributed by atoms with E-state index in [9.17, 15) is 14.7 Å². The first-order chi connectivity index (χ1) is 17.8. The minimum atomic E-state index is -1.51. The van der Waals surface area contributed by atoms with Gasteiger partial charge in [0.15, 0.2) is 0 Å². The lowest BCUT2D eigenvalue weighted by Crippen LogP contribution is -2.50. The van der Waals surface area contributed by atoms with Gasteiger partial charge in [-0.3, -0.25) is 9.59 Å². The number of amides is 1. The van der Waals surface area contributed by atoms with Crippen molar-refractivity contribution in [3.05, 3.63) is 71.8 Å². The smallest absolute Gasteiger partial charge is 0.310 e. The number of benzene rings is 2. The van der Waals surface area contributed by atoms with Crippen LogP contribution in [0.3, 0.4) is 0 Å². The number of aliphatic carboxylic acids is 1. The van der Waals surface area contributed by atoms with Crippen LogP contribution < -0.4 is 11.1 Å². The maximum atomic E-state index is 13.0. The van der Waals surface area contributed by atoms with Crippen molar-refractivity contribution in [1.29, 1.82) is 0 Å². The monoisotopic (exact) mass is 530 g/mol. The molecule has 37 heavy (non-hydrogen) atoms. The molecule has 0 aliphatic carbocycles. The average Bonchev–Trinajstić information content (AvgIpc) is 2.89. The molecular formula is C28H38N2O6S. The molecule has 0 radical (unpaired) electrons. The van der Waals surface area contributed by atoms with E-state index in [1.807, 2.05) is 67.6 Å². The van der Waals surface area contributed by atoms with Crippen LogP contribution in [0.5, 0.6) is 0 Å². The van der Waals surface area contributed by atoms with Crippen LogP contribution in [-0.4, -0.2) is 62.2 Å². The van der Waals surface area contributed by atoms with E-state index in [1.165, 1.54) is 0 Å². The molecule has 3 atom stereocenters. The average molecular weight is 531 g/mol. The summed E-state index contributed by atoms with van der Waals surface area (Å²) in [6.45, 7) is 3.64. The Kier molecular flexibility index (Phi) is 13.2. The summed E-state index contributed by atoms with van der Waals surface area (Å²) in [4.78, 5) is 25.6. The molecule has 2 aromatic rings. The van der Waals surface area contributed by atoms with Crippen LogP contribution in [0.15, 0.2) is 60.7 Å². The van der Waals surface area contributed by atoms with E-state index in [1.54, 1.807) is 7.11 Å². The van der Waals surface area contributed by atoms with Gasteiger partial charge in [-0.1, -0.05) is 79.8 Å². The number of nitrogens with two attached hydrogens (primary N) is 1. The number of rotatable bonds is 18. The highest BCUT2D eigenvalue weighted by molar-refractivity contribution is 7.80. The lowest BCUT2D eigenvalue weighted by Gasteiger charge is -2.39. The van der Waals surface area contributed by atoms with Gasteiger partial charge in [0, 0.05) is 26.0 Å². The van der Waals surface area contributed by atoms with E-state index in [0.717, 1.165) is 11.1 Å². The van der Waals surface area contributed by atoms with Crippen molar-refractivity contribution in [3.63, 3.8) is 0 Å². The number of hydrogen-bond donors (Lipinski definition) is 3. The number of carboxylic acid groups (broad SMARTS) is 1. The molecular weight excluding hydrogens is 492 g/mol. The number of thiocarbonyl (C=S) groups is 1. The van der Waals surface area contributed by atoms with Gasteiger partial charge < -0.3 is 30.4 Å². The van der Waals surface area contributed by atoms with Crippen LogP contribution in [-0.2, 0) is 30.2 Å². The van der Waals surface area contributed by atoms with Crippen molar-refractivity contribution < 1.29 is 28.9 Å². The second kappa shape index (κ2) is 16.1. The zero-order valence-electron chi connectivity index (χ0n) is 21.6. The van der Waals surface area contributed by atoms with Gasteiger partial charge in [-0.2, -0.15) is 0 Å². The van der Waals surface area contributed by atoms with Gasteiger partial charge >= 0.3 is 5.97 Å². The predicted octanol–water partition coefficient (Wildman–Crippen LogP) is 3.54. The van der Waals surface area contributed by atoms with E-state index >= 15 is 0 Å². The summed E-state index contributed by atoms with van der Waals surface area (Å²) in [5, 5.41) is 13.8. The first-order valence-corrected chi connectivity index (χ1v) is 12.7. The number of carbonyl (C=O) groups is 2. The van der Waals surface area contributed by atoms with E-state index in [2.05, 4.69) is 5.32 Å². The summed E-state index contributed by atoms with van der Waals surface area (Å²) < 4.78 is 15.7. The Morgan fingerprint density at radius 1 is 1.03 bits per heavy atom. The summed E-state index contributed by atoms with van der Waals surface area (Å²) in [6, 6.07) is 19.2. The number of ether oxygens (including phenoxy) is 3. The highest BCUT2D eigenvalue weighted by Gasteiger charge is 2.49. The van der Waals surface area contributed by atoms with Gasteiger partial charge in [0.05, 0.1) is 30.2 Å². The maximum Gasteiger partial charge on any atom is 0.310 e. The third-order valence-corrected chi connectivity index (χ3v) is 6.79. The minimum Gasteiger partial charge on any atom is -0.481 e. The second-order valence-electron chi connectivity index (χ2n) is 9.08. The topological polar surface area (TPSA) is 120 Å². The first-order valence-electron chi connectivity index (χ1n) is 12.3. The molecule has 2 rings (SSSR count). The van der Waals surface area contributed by atoms with E-state index in [4.69, 9.17) is 32.2 Å². The van der Waals surface area contributed by atoms with Crippen LogP contribution in [0, 0.1) is 11.3 Å². The lowest BCUT2D eigenvalue weighted by molar-refractivity contribution is -0.154. The SMILES string of the molecule is COCCOCOCCNC(=S)[C@@H](Cc1ccccc1)[C@](CC(N)=O)(CC(C)c1ccccc1)C(=O)O. The van der Waals surface area contributed by atoms with Crippen LogP contribution in [0.25, 0.3) is 0 Å². The van der Waals surface area contributed by atoms with Gasteiger partial charge in [-0.25, -0.2) is 0 Å². The first kappa shape index (κ1) is 30.4. The molecule has 0 fully saturated rings. The van der Waals surface area contributed by atoms with Crippen molar-refractivity contribution in [3.8, 4) is 0 Å². The molecule has 0 saturated carbocycles. The molecule has 2 aromatic carbocycles. The maximum absolute atomic E-state index is 13.0. The minimum absolute atomic E-state index is 0.112. The fourth-order valence-corrected chi connectivity index (χ4v) is 4.89. The van der Waals surface area contributed by atoms with Crippen molar-refractivity contribution in [2.24, 2.45) is 17.1 Å². The number of hydrogen-bond acceptors (Lipinski definition) is 6. The van der Waals surface area contributed by atoms with Gasteiger partial charge in [0.2, 0.25) is 5.91 Å². The summed E-state index contributed by atoms with van der Waals surface area (Å²) >= 11 is 5.77. The molecule has 9 heteroatoms. The Balaban J connectivity index is 2.29. The molecule has 0 aromatic heterocycles. The number of primary amides is 1. The van der Waals surface area contributed by atoms with Crippen LogP contribution >= 0.6 is 12.2 Å². The molecule has 0 bridgehead atoms. The molecule has 8 nitrogen and oxygen atoms in total. The molecule has 0 spiro atoms. The highest BCUT2D eigenvalue weighted by Crippen LogP contribution is 2.43. The summed E-state index contributed by atoms with van der Waals surface area (Å²) in [5.41, 5.74) is 6.04. The molecule has 1 unspecified atom stereocenters. The van der Waals surface area contributed by atoms with Crippen molar-refractivity contribution in [1.82, 2.24) is 5.32 Å². The Morgan fingerprint density at radius 3 is 2.24 bits per heavy atom. The number of carbonyl (C=O) groups excluding carboxylic acids is 1. The lowest BCUT2D eigenvalue weighted by atomic mass is 9.64. The Morgan fingerprint density at radius 2 is 1.65 bits per heavy atom. The van der Waals surface area contributed by atoms with Gasteiger partial charge in [0.1, 0.15) is 6.79 Å². The fraction of sp³-hybridized carbons (Fsp3) is 0.464. The number of methoxy groups -OCH3 is 1. The number of nitrogens with one attached hydrogen (secondary N) is 1. The quantitative estimate of drug-likeness (QED) is 0.152. The summed E-state index contributed by atoms with van der Waals surface area (Å²) in [5.74, 6) is -2.61. The predicted molar refractivity (Wildman–Crippen MR) is 146 cm³/mol. The molecule has 0 aliphatic rings. The largest absolute Gasteiger partial charge is 0.481 e. The Hall–Kier alpha value is -2.85. The van der Waals surface area contributed by atoms with Crippen LogP contribution in [0.1, 0.15) is 36.8 Å². The third-order valence-electron chi connectivity index (χ3n) is 6.36. The summed E-state index contributed by atoms with van der Waals surface area (Å²) in [7, 11) is 1.59. The van der Waals surface area contributed by atoms with Crippen molar-refractivity contribution in [2.45, 2.75) is 32.1 Å². The van der Waals surface area contributed by atoms with Gasteiger partial charge in [0.25, 0.3) is 0 Å². The normalized spacial score (nSPS) is 14.3. The molecule has 202 valence electrons. The number of carboxylic acids is 1. The van der Waals surface area contributed by atoms with E-state index < -0.39 is 23.2 Å². The molecule has 4 N–H and O–H groups in total. The molecule has 0 heterocycles. The zero-order valence-corrected chi connectivity index (χ0v) is 22.4. The molecule has 0 aliphatic heterocycles. The molecule has 1 amide bonds. The standard InChI is InChI=1S/C28H38N2O6S/c1-21(23-11-7-4-8-12-23)18-28(27(32)33,19-25(29)31)24(17-22-9-5-3-6-10-22)26(37)30-13-14-35-20-36-16-15-34-2/h3-12,21,24H,13-20H2,1-2H3,(H2,29,31)(H,30,37)(H,32,33)/t21?,24-,28-/m1/s1. The third kappa shape index (κ3) is 9.85. The fourth-order valence-electron chi connectivity index (χ4n) is 4.48. The second-order valence-corrected chi connectivity index (χ2v) is 9.52. The summed E-state index contributed by atoms with van der Waals surface area (Å²) in [6.07, 6.45) is 0.204. The Bertz CT molecular complexity index is 975. The van der Waals surface area contributed by atoms with Gasteiger partial charge in [-0.05, 0) is 29.9 Å². The van der Waals surface area contributed by atoms with E-state index in [0.29, 0.717) is 37.8 Å². The van der Waals surface area contributed by atoms with Crippen LogP contribution in [0.4, 0.5) is 0 Å². The zero-order chi connectivity index (χ0) is 27.1. The van der Waals surface area contributed by atoms with Crippen LogP contribution in [0.2, 0.25) is 0 Å². The molecule has 0 saturated heterocycles. The Labute approximate surface area is 224 Å². The van der Waals surface area contributed by atoms with E-state index in [-0.39, 0.29) is 25.6 Å². The van der Waals surface area contributed by atoms with Crippen molar-refractivity contribution in [2.75, 3.05) is 40.3 Å². The van der Waals surface area contributed by atoms with Crippen molar-refractivity contribution >= 4 is 29.1 Å². The highest BCUT2D eigenvalue weighted by atomic mass is 32.1.